The number of aromatic nitrogens is 2. The third-order valence-corrected chi connectivity index (χ3v) is 3.92. The normalized spacial score (nSPS) is 18.5. The van der Waals surface area contributed by atoms with Crippen molar-refractivity contribution < 1.29 is 0 Å². The number of rotatable bonds is 4. The van der Waals surface area contributed by atoms with E-state index >= 15 is 0 Å². The Morgan fingerprint density at radius 1 is 1.32 bits per heavy atom. The average molecular weight is 298 g/mol. The number of nitrogens with zero attached hydrogens (tertiary/aromatic N) is 3. The summed E-state index contributed by atoms with van der Waals surface area (Å²) in [5, 5.41) is 9.39. The lowest BCUT2D eigenvalue weighted by Gasteiger charge is -2.30. The summed E-state index contributed by atoms with van der Waals surface area (Å²) in [5.74, 6) is 7.17. The Balaban J connectivity index is 1.85. The molecule has 1 aromatic heterocycles. The van der Waals surface area contributed by atoms with Crippen molar-refractivity contribution >= 4 is 5.82 Å². The summed E-state index contributed by atoms with van der Waals surface area (Å²) in [6, 6.07) is 12.5. The molecule has 0 saturated carbocycles. The molecule has 0 amide bonds. The Bertz CT molecular complexity index is 660. The van der Waals surface area contributed by atoms with E-state index < -0.39 is 0 Å². The summed E-state index contributed by atoms with van der Waals surface area (Å²) in [6.45, 7) is 3.47. The standard InChI is InChI=1S/C16H22N6/c1-12-9-15(14(17)10-19-12)22(18)16-7-8-20-21(16)11-13-5-3-2-4-6-13/h2-8,12,19H,9-11,17-18H2,1H3. The predicted octanol–water partition coefficient (Wildman–Crippen LogP) is 1.16. The van der Waals surface area contributed by atoms with Crippen LogP contribution in [0, 0.1) is 0 Å². The van der Waals surface area contributed by atoms with Crippen molar-refractivity contribution in [3.63, 3.8) is 0 Å². The number of hydrogen-bond donors (Lipinski definition) is 3. The minimum atomic E-state index is 0.360. The molecule has 1 aromatic carbocycles. The van der Waals surface area contributed by atoms with E-state index in [0.29, 0.717) is 19.1 Å². The van der Waals surface area contributed by atoms with Crippen LogP contribution in [0.2, 0.25) is 0 Å². The fraction of sp³-hybridized carbons (Fsp3) is 0.312. The van der Waals surface area contributed by atoms with E-state index in [-0.39, 0.29) is 0 Å². The predicted molar refractivity (Wildman–Crippen MR) is 87.7 cm³/mol. The summed E-state index contributed by atoms with van der Waals surface area (Å²) in [6.07, 6.45) is 2.57. The van der Waals surface area contributed by atoms with Crippen molar-refractivity contribution in [1.29, 1.82) is 0 Å². The smallest absolute Gasteiger partial charge is 0.145 e. The van der Waals surface area contributed by atoms with E-state index in [1.807, 2.05) is 28.9 Å². The van der Waals surface area contributed by atoms with Crippen LogP contribution in [0.1, 0.15) is 18.9 Å². The van der Waals surface area contributed by atoms with Crippen LogP contribution < -0.4 is 21.9 Å². The van der Waals surface area contributed by atoms with E-state index in [1.54, 1.807) is 11.2 Å². The fourth-order valence-electron chi connectivity index (χ4n) is 2.68. The van der Waals surface area contributed by atoms with Gasteiger partial charge >= 0.3 is 0 Å². The molecule has 6 nitrogen and oxygen atoms in total. The highest BCUT2D eigenvalue weighted by Crippen LogP contribution is 2.22. The summed E-state index contributed by atoms with van der Waals surface area (Å²) in [4.78, 5) is 0. The highest BCUT2D eigenvalue weighted by atomic mass is 15.5. The van der Waals surface area contributed by atoms with Crippen molar-refractivity contribution in [2.75, 3.05) is 11.6 Å². The van der Waals surface area contributed by atoms with Crippen LogP contribution in [0.3, 0.4) is 0 Å². The molecule has 2 heterocycles. The first-order valence-corrected chi connectivity index (χ1v) is 7.46. The second kappa shape index (κ2) is 6.21. The molecular weight excluding hydrogens is 276 g/mol. The molecule has 1 aliphatic heterocycles. The molecule has 3 rings (SSSR count). The van der Waals surface area contributed by atoms with Crippen molar-refractivity contribution in [2.24, 2.45) is 11.6 Å². The first-order valence-electron chi connectivity index (χ1n) is 7.46. The molecule has 0 saturated heterocycles. The molecule has 1 unspecified atom stereocenters. The summed E-state index contributed by atoms with van der Waals surface area (Å²) >= 11 is 0. The Kier molecular flexibility index (Phi) is 4.13. The molecule has 1 aliphatic rings. The van der Waals surface area contributed by atoms with Crippen LogP contribution in [-0.4, -0.2) is 22.4 Å². The van der Waals surface area contributed by atoms with Crippen LogP contribution in [-0.2, 0) is 6.54 Å². The first-order chi connectivity index (χ1) is 10.6. The summed E-state index contributed by atoms with van der Waals surface area (Å²) < 4.78 is 1.89. The molecule has 0 aliphatic carbocycles. The minimum absolute atomic E-state index is 0.360. The molecule has 0 radical (unpaired) electrons. The van der Waals surface area contributed by atoms with Crippen LogP contribution in [0.25, 0.3) is 0 Å². The highest BCUT2D eigenvalue weighted by Gasteiger charge is 2.22. The highest BCUT2D eigenvalue weighted by molar-refractivity contribution is 5.46. The average Bonchev–Trinajstić information content (AvgIpc) is 2.98. The van der Waals surface area contributed by atoms with Crippen LogP contribution >= 0.6 is 0 Å². The van der Waals surface area contributed by atoms with Gasteiger partial charge in [0.1, 0.15) is 5.82 Å². The second-order valence-electron chi connectivity index (χ2n) is 5.66. The number of nitrogens with one attached hydrogen (secondary N) is 1. The SMILES string of the molecule is CC1CC(N(N)c2ccnn2Cc2ccccc2)=C(N)CN1. The monoisotopic (exact) mass is 298 g/mol. The van der Waals surface area contributed by atoms with Gasteiger partial charge in [0.25, 0.3) is 0 Å². The van der Waals surface area contributed by atoms with Gasteiger partial charge in [-0.05, 0) is 12.5 Å². The fourth-order valence-corrected chi connectivity index (χ4v) is 2.68. The van der Waals surface area contributed by atoms with Gasteiger partial charge in [0.05, 0.1) is 18.4 Å². The quantitative estimate of drug-likeness (QED) is 0.583. The van der Waals surface area contributed by atoms with Crippen molar-refractivity contribution in [3.05, 3.63) is 59.6 Å². The molecule has 0 fully saturated rings. The maximum Gasteiger partial charge on any atom is 0.145 e. The molecule has 5 N–H and O–H groups in total. The molecule has 0 bridgehead atoms. The molecule has 2 aromatic rings. The third kappa shape index (κ3) is 2.98. The van der Waals surface area contributed by atoms with Gasteiger partial charge in [-0.2, -0.15) is 5.10 Å². The van der Waals surface area contributed by atoms with E-state index in [1.165, 1.54) is 5.56 Å². The summed E-state index contributed by atoms with van der Waals surface area (Å²) in [5.41, 5.74) is 9.04. The molecule has 22 heavy (non-hydrogen) atoms. The van der Waals surface area contributed by atoms with Crippen LogP contribution in [0.5, 0.6) is 0 Å². The molecule has 6 heteroatoms. The minimum Gasteiger partial charge on any atom is -0.400 e. The summed E-state index contributed by atoms with van der Waals surface area (Å²) in [7, 11) is 0. The van der Waals surface area contributed by atoms with Gasteiger partial charge in [0.15, 0.2) is 0 Å². The van der Waals surface area contributed by atoms with Crippen molar-refractivity contribution in [2.45, 2.75) is 25.9 Å². The van der Waals surface area contributed by atoms with E-state index in [4.69, 9.17) is 11.6 Å². The third-order valence-electron chi connectivity index (χ3n) is 3.92. The van der Waals surface area contributed by atoms with Gasteiger partial charge in [-0.3, -0.25) is 5.01 Å². The Labute approximate surface area is 130 Å². The lowest BCUT2D eigenvalue weighted by Crippen LogP contribution is -2.44. The van der Waals surface area contributed by atoms with Gasteiger partial charge in [-0.25, -0.2) is 10.5 Å². The van der Waals surface area contributed by atoms with E-state index in [2.05, 4.69) is 29.5 Å². The zero-order valence-electron chi connectivity index (χ0n) is 12.7. The Morgan fingerprint density at radius 2 is 2.09 bits per heavy atom. The largest absolute Gasteiger partial charge is 0.400 e. The first kappa shape index (κ1) is 14.6. The number of anilines is 1. The van der Waals surface area contributed by atoms with Gasteiger partial charge in [0.2, 0.25) is 0 Å². The molecule has 116 valence electrons. The molecule has 0 spiro atoms. The lowest BCUT2D eigenvalue weighted by atomic mass is 10.1. The van der Waals surface area contributed by atoms with Crippen LogP contribution in [0.4, 0.5) is 5.82 Å². The van der Waals surface area contributed by atoms with Crippen molar-refractivity contribution in [1.82, 2.24) is 15.1 Å². The zero-order valence-corrected chi connectivity index (χ0v) is 12.7. The zero-order chi connectivity index (χ0) is 15.5. The Morgan fingerprint density at radius 3 is 2.86 bits per heavy atom. The number of hydrazine groups is 1. The topological polar surface area (TPSA) is 85.1 Å². The Hall–Kier alpha value is -2.31. The van der Waals surface area contributed by atoms with Gasteiger partial charge < -0.3 is 11.1 Å². The number of benzene rings is 1. The van der Waals surface area contributed by atoms with Crippen LogP contribution in [0.15, 0.2) is 54.0 Å². The molecule has 1 atom stereocenters. The maximum absolute atomic E-state index is 6.33. The van der Waals surface area contributed by atoms with Crippen molar-refractivity contribution in [3.8, 4) is 0 Å². The lowest BCUT2D eigenvalue weighted by molar-refractivity contribution is 0.521. The molecular formula is C16H22N6. The van der Waals surface area contributed by atoms with Gasteiger partial charge in [-0.15, -0.1) is 0 Å². The van der Waals surface area contributed by atoms with E-state index in [0.717, 1.165) is 23.6 Å². The van der Waals surface area contributed by atoms with Gasteiger partial charge in [0, 0.05) is 30.8 Å². The maximum atomic E-state index is 6.33. The van der Waals surface area contributed by atoms with Gasteiger partial charge in [-0.1, -0.05) is 30.3 Å². The number of hydrogen-bond acceptors (Lipinski definition) is 5. The number of nitrogens with two attached hydrogens (primary N) is 2. The van der Waals surface area contributed by atoms with E-state index in [9.17, 15) is 0 Å². The second-order valence-corrected chi connectivity index (χ2v) is 5.66.